The second-order valence-electron chi connectivity index (χ2n) is 12.5. The quantitative estimate of drug-likeness (QED) is 0.421. The van der Waals surface area contributed by atoms with Gasteiger partial charge in [-0.25, -0.2) is 0 Å². The lowest BCUT2D eigenvalue weighted by Crippen LogP contribution is -2.56. The van der Waals surface area contributed by atoms with Crippen molar-refractivity contribution in [3.63, 3.8) is 0 Å². The molecule has 0 amide bonds. The number of hydrogen-bond acceptors (Lipinski definition) is 2. The van der Waals surface area contributed by atoms with E-state index in [1.54, 1.807) is 5.57 Å². The Morgan fingerprint density at radius 1 is 1.10 bits per heavy atom. The average Bonchev–Trinajstić information content (AvgIpc) is 3.32. The van der Waals surface area contributed by atoms with E-state index in [0.29, 0.717) is 22.9 Å². The van der Waals surface area contributed by atoms with Crippen molar-refractivity contribution in [2.75, 3.05) is 0 Å². The van der Waals surface area contributed by atoms with Gasteiger partial charge in [0.25, 0.3) is 0 Å². The normalized spacial score (nSPS) is 51.6. The van der Waals surface area contributed by atoms with Crippen LogP contribution in [0.5, 0.6) is 0 Å². The first-order chi connectivity index (χ1) is 13.7. The fourth-order valence-electron chi connectivity index (χ4n) is 9.03. The minimum Gasteiger partial charge on any atom is -0.393 e. The number of fused-ring (bicyclic) bond motifs is 3. The molecule has 1 spiro atoms. The van der Waals surface area contributed by atoms with Crippen molar-refractivity contribution in [3.05, 3.63) is 11.6 Å². The van der Waals surface area contributed by atoms with E-state index in [-0.39, 0.29) is 11.7 Å². The highest BCUT2D eigenvalue weighted by Crippen LogP contribution is 2.76. The van der Waals surface area contributed by atoms with Gasteiger partial charge in [-0.15, -0.1) is 0 Å². The van der Waals surface area contributed by atoms with Gasteiger partial charge in [-0.05, 0) is 80.0 Å². The van der Waals surface area contributed by atoms with Gasteiger partial charge < -0.3 is 9.84 Å². The maximum atomic E-state index is 10.2. The fraction of sp³-hybridized carbons (Fsp3) is 0.926. The van der Waals surface area contributed by atoms with E-state index in [9.17, 15) is 5.11 Å². The van der Waals surface area contributed by atoms with Crippen LogP contribution in [0, 0.1) is 40.4 Å². The molecule has 0 radical (unpaired) electrons. The Morgan fingerprint density at radius 2 is 1.90 bits per heavy atom. The third-order valence-corrected chi connectivity index (χ3v) is 10.7. The molecule has 1 saturated heterocycles. The lowest BCUT2D eigenvalue weighted by molar-refractivity contribution is -0.0987. The third-order valence-electron chi connectivity index (χ3n) is 10.7. The monoisotopic (exact) mass is 400 g/mol. The first kappa shape index (κ1) is 20.6. The molecule has 1 N–H and O–H groups in total. The van der Waals surface area contributed by atoms with E-state index >= 15 is 0 Å². The van der Waals surface area contributed by atoms with E-state index in [0.717, 1.165) is 36.5 Å². The highest BCUT2D eigenvalue weighted by molar-refractivity contribution is 5.33. The summed E-state index contributed by atoms with van der Waals surface area (Å²) in [6.45, 7) is 12.4. The number of rotatable bonds is 5. The van der Waals surface area contributed by atoms with Crippen molar-refractivity contribution in [2.24, 2.45) is 40.4 Å². The maximum Gasteiger partial charge on any atom is 0.104 e. The van der Waals surface area contributed by atoms with E-state index in [1.807, 2.05) is 0 Å². The summed E-state index contributed by atoms with van der Waals surface area (Å²) in [7, 11) is 0. The predicted octanol–water partition coefficient (Wildman–Crippen LogP) is 6.52. The van der Waals surface area contributed by atoms with Crippen LogP contribution < -0.4 is 0 Å². The van der Waals surface area contributed by atoms with Crippen LogP contribution in [0.4, 0.5) is 0 Å². The molecule has 2 nitrogen and oxygen atoms in total. The Kier molecular flexibility index (Phi) is 4.84. The molecule has 29 heavy (non-hydrogen) atoms. The van der Waals surface area contributed by atoms with Crippen molar-refractivity contribution in [1.82, 2.24) is 0 Å². The van der Waals surface area contributed by atoms with E-state index in [1.165, 1.54) is 51.4 Å². The minimum absolute atomic E-state index is 0.106. The van der Waals surface area contributed by atoms with Crippen LogP contribution in [-0.2, 0) is 4.74 Å². The standard InChI is InChI=1S/C27H44O2/c1-17(2)7-6-8-18(3)23-16-24-27(29-24)22-10-9-19-15-20(28)11-13-25(19,4)21(22)12-14-26(23,27)5/h9,17-18,20-24,28H,6-8,10-16H2,1-5H3/t18-,20+,21+,22-,23-,24?,25+,26-,27+/m1/s1. The van der Waals surface area contributed by atoms with E-state index in [4.69, 9.17) is 4.74 Å². The van der Waals surface area contributed by atoms with Crippen LogP contribution in [0.15, 0.2) is 11.6 Å². The fourth-order valence-corrected chi connectivity index (χ4v) is 9.03. The summed E-state index contributed by atoms with van der Waals surface area (Å²) in [5.74, 6) is 3.99. The lowest BCUT2D eigenvalue weighted by Gasteiger charge is -2.58. The van der Waals surface area contributed by atoms with Crippen LogP contribution in [0.1, 0.15) is 98.8 Å². The molecule has 1 aliphatic heterocycles. The van der Waals surface area contributed by atoms with Crippen molar-refractivity contribution in [2.45, 2.75) is 117 Å². The number of hydrogen-bond donors (Lipinski definition) is 1. The highest BCUT2D eigenvalue weighted by Gasteiger charge is 2.80. The smallest absolute Gasteiger partial charge is 0.104 e. The summed E-state index contributed by atoms with van der Waals surface area (Å²) in [5, 5.41) is 10.2. The first-order valence-corrected chi connectivity index (χ1v) is 12.8. The van der Waals surface area contributed by atoms with Gasteiger partial charge in [0.2, 0.25) is 0 Å². The minimum atomic E-state index is -0.106. The van der Waals surface area contributed by atoms with Crippen molar-refractivity contribution < 1.29 is 9.84 Å². The molecule has 0 bridgehead atoms. The van der Waals surface area contributed by atoms with Crippen LogP contribution >= 0.6 is 0 Å². The topological polar surface area (TPSA) is 32.8 Å². The molecule has 0 aromatic rings. The van der Waals surface area contributed by atoms with Gasteiger partial charge in [0.1, 0.15) is 5.60 Å². The van der Waals surface area contributed by atoms with Crippen molar-refractivity contribution in [1.29, 1.82) is 0 Å². The van der Waals surface area contributed by atoms with Gasteiger partial charge in [-0.1, -0.05) is 65.5 Å². The largest absolute Gasteiger partial charge is 0.393 e. The molecular formula is C27H44O2. The molecule has 9 atom stereocenters. The molecule has 5 aliphatic rings. The van der Waals surface area contributed by atoms with Crippen LogP contribution in [0.3, 0.4) is 0 Å². The van der Waals surface area contributed by atoms with Gasteiger partial charge in [0, 0.05) is 5.41 Å². The summed E-state index contributed by atoms with van der Waals surface area (Å²) < 4.78 is 6.71. The Balaban J connectivity index is 1.38. The summed E-state index contributed by atoms with van der Waals surface area (Å²) in [5.41, 5.74) is 2.45. The van der Waals surface area contributed by atoms with Crippen LogP contribution in [-0.4, -0.2) is 22.9 Å². The number of aliphatic hydroxyl groups excluding tert-OH is 1. The van der Waals surface area contributed by atoms with Gasteiger partial charge in [0.05, 0.1) is 12.2 Å². The molecule has 4 fully saturated rings. The third kappa shape index (κ3) is 2.80. The Morgan fingerprint density at radius 3 is 2.66 bits per heavy atom. The SMILES string of the molecule is CC(C)CCC[C@@H](C)[C@H]1CC2O[C@@]23[C@@H]2CC=C4C[C@@H](O)CC[C@]4(C)[C@H]2CC[C@]13C. The van der Waals surface area contributed by atoms with Gasteiger partial charge >= 0.3 is 0 Å². The molecule has 1 heterocycles. The molecular weight excluding hydrogens is 356 g/mol. The average molecular weight is 401 g/mol. The Hall–Kier alpha value is -0.340. The summed E-state index contributed by atoms with van der Waals surface area (Å²) in [4.78, 5) is 0. The van der Waals surface area contributed by atoms with Crippen LogP contribution in [0.25, 0.3) is 0 Å². The van der Waals surface area contributed by atoms with E-state index in [2.05, 4.69) is 40.7 Å². The van der Waals surface area contributed by atoms with Crippen molar-refractivity contribution in [3.8, 4) is 0 Å². The molecule has 5 rings (SSSR count). The Bertz CT molecular complexity index is 682. The number of ether oxygens (including phenoxy) is 1. The molecule has 1 unspecified atom stereocenters. The molecule has 2 heteroatoms. The van der Waals surface area contributed by atoms with Crippen LogP contribution in [0.2, 0.25) is 0 Å². The molecule has 3 saturated carbocycles. The first-order valence-electron chi connectivity index (χ1n) is 12.8. The zero-order chi connectivity index (χ0) is 20.6. The second-order valence-corrected chi connectivity index (χ2v) is 12.5. The zero-order valence-electron chi connectivity index (χ0n) is 19.5. The van der Waals surface area contributed by atoms with Gasteiger partial charge in [-0.2, -0.15) is 0 Å². The van der Waals surface area contributed by atoms with E-state index < -0.39 is 0 Å². The molecule has 0 aromatic carbocycles. The highest BCUT2D eigenvalue weighted by atomic mass is 16.6. The summed E-state index contributed by atoms with van der Waals surface area (Å²) in [6.07, 6.45) is 15.5. The summed E-state index contributed by atoms with van der Waals surface area (Å²) in [6, 6.07) is 0. The van der Waals surface area contributed by atoms with Gasteiger partial charge in [0.15, 0.2) is 0 Å². The number of allylic oxidation sites excluding steroid dienone is 1. The number of epoxide rings is 1. The van der Waals surface area contributed by atoms with Gasteiger partial charge in [-0.3, -0.25) is 0 Å². The lowest BCUT2D eigenvalue weighted by atomic mass is 9.46. The number of aliphatic hydroxyl groups is 1. The molecule has 164 valence electrons. The second kappa shape index (κ2) is 6.83. The summed E-state index contributed by atoms with van der Waals surface area (Å²) >= 11 is 0. The molecule has 4 aliphatic carbocycles. The maximum absolute atomic E-state index is 10.2. The Labute approximate surface area is 178 Å². The molecule has 0 aromatic heterocycles. The predicted molar refractivity (Wildman–Crippen MR) is 119 cm³/mol. The van der Waals surface area contributed by atoms with Crippen molar-refractivity contribution >= 4 is 0 Å². The zero-order valence-corrected chi connectivity index (χ0v) is 19.5.